The molecule has 0 bridgehead atoms. The zero-order valence-electron chi connectivity index (χ0n) is 22.1. The summed E-state index contributed by atoms with van der Waals surface area (Å²) >= 11 is 3.96. The number of thiazole rings is 1. The molecule has 39 heavy (non-hydrogen) atoms. The number of rotatable bonds is 7. The van der Waals surface area contributed by atoms with E-state index in [1.165, 1.54) is 3.57 Å². The standard InChI is InChI=1S/C28H32IN7O2S/c1-3-23-27(32(2)28-31-24(18-39-28)19-4-6-20(29)7-5-19)36-14-21(8-9-25(36)30-23)34-12-10-33(11-13-34)17-26(38)35-15-22(37)16-35/h4-9,14,18,22,37H,3,10-13,15-17H2,1-2H3. The molecular formula is C28H32IN7O2S. The number of aliphatic hydroxyl groups excluding tert-OH is 1. The summed E-state index contributed by atoms with van der Waals surface area (Å²) in [6, 6.07) is 12.7. The molecule has 0 aliphatic carbocycles. The van der Waals surface area contributed by atoms with Gasteiger partial charge in [0.25, 0.3) is 0 Å². The van der Waals surface area contributed by atoms with Gasteiger partial charge in [-0.3, -0.25) is 14.1 Å². The molecule has 6 rings (SSSR count). The molecule has 2 fully saturated rings. The number of fused-ring (bicyclic) bond motifs is 1. The number of benzene rings is 1. The molecule has 11 heteroatoms. The van der Waals surface area contributed by atoms with Crippen LogP contribution in [0.3, 0.4) is 0 Å². The molecule has 2 saturated heterocycles. The lowest BCUT2D eigenvalue weighted by Gasteiger charge is -2.39. The molecule has 1 N–H and O–H groups in total. The zero-order chi connectivity index (χ0) is 27.1. The van der Waals surface area contributed by atoms with Crippen LogP contribution >= 0.6 is 33.9 Å². The summed E-state index contributed by atoms with van der Waals surface area (Å²) in [5, 5.41) is 12.5. The third-order valence-electron chi connectivity index (χ3n) is 7.53. The number of anilines is 3. The molecule has 9 nitrogen and oxygen atoms in total. The number of likely N-dealkylation sites (tertiary alicyclic amines) is 1. The van der Waals surface area contributed by atoms with Crippen LogP contribution in [0.25, 0.3) is 16.9 Å². The van der Waals surface area contributed by atoms with Gasteiger partial charge >= 0.3 is 0 Å². The molecular weight excluding hydrogens is 625 g/mol. The highest BCUT2D eigenvalue weighted by Crippen LogP contribution is 2.34. The first-order valence-corrected chi connectivity index (χ1v) is 15.2. The van der Waals surface area contributed by atoms with Crippen molar-refractivity contribution in [1.82, 2.24) is 24.2 Å². The lowest BCUT2D eigenvalue weighted by atomic mass is 10.1. The van der Waals surface area contributed by atoms with E-state index >= 15 is 0 Å². The van der Waals surface area contributed by atoms with E-state index in [-0.39, 0.29) is 12.0 Å². The van der Waals surface area contributed by atoms with Gasteiger partial charge in [-0.2, -0.15) is 0 Å². The van der Waals surface area contributed by atoms with Gasteiger partial charge < -0.3 is 19.8 Å². The van der Waals surface area contributed by atoms with Crippen LogP contribution in [0.15, 0.2) is 48.0 Å². The van der Waals surface area contributed by atoms with Crippen LogP contribution in [0.4, 0.5) is 16.6 Å². The highest BCUT2D eigenvalue weighted by atomic mass is 127. The number of carbonyl (C=O) groups is 1. The summed E-state index contributed by atoms with van der Waals surface area (Å²) in [6.07, 6.45) is 2.65. The van der Waals surface area contributed by atoms with Crippen molar-refractivity contribution in [3.63, 3.8) is 0 Å². The summed E-state index contributed by atoms with van der Waals surface area (Å²) in [4.78, 5) is 30.8. The zero-order valence-corrected chi connectivity index (χ0v) is 25.1. The third-order valence-corrected chi connectivity index (χ3v) is 9.17. The second-order valence-corrected chi connectivity index (χ2v) is 12.2. The van der Waals surface area contributed by atoms with Crippen molar-refractivity contribution in [2.45, 2.75) is 19.4 Å². The molecule has 0 radical (unpaired) electrons. The maximum absolute atomic E-state index is 12.4. The van der Waals surface area contributed by atoms with Gasteiger partial charge in [0.15, 0.2) is 5.13 Å². The minimum atomic E-state index is -0.355. The maximum Gasteiger partial charge on any atom is 0.236 e. The first-order valence-electron chi connectivity index (χ1n) is 13.3. The van der Waals surface area contributed by atoms with Gasteiger partial charge in [0.05, 0.1) is 29.7 Å². The van der Waals surface area contributed by atoms with E-state index < -0.39 is 0 Å². The number of β-amino-alcohol motifs (C(OH)–C–C–N with tert-alkyl or cyclic N) is 1. The van der Waals surface area contributed by atoms with E-state index in [1.807, 2.05) is 0 Å². The van der Waals surface area contributed by atoms with E-state index in [1.54, 1.807) is 16.2 Å². The number of nitrogens with zero attached hydrogens (tertiary/aromatic N) is 7. The largest absolute Gasteiger partial charge is 0.389 e. The number of hydrogen-bond acceptors (Lipinski definition) is 8. The molecule has 1 amide bonds. The summed E-state index contributed by atoms with van der Waals surface area (Å²) in [5.41, 5.74) is 5.21. The average Bonchev–Trinajstić information content (AvgIpc) is 3.56. The first-order chi connectivity index (χ1) is 18.9. The van der Waals surface area contributed by atoms with Crippen molar-refractivity contribution in [2.24, 2.45) is 0 Å². The molecule has 2 aliphatic heterocycles. The number of aryl methyl sites for hydroxylation is 1. The maximum atomic E-state index is 12.4. The molecule has 0 unspecified atom stereocenters. The minimum absolute atomic E-state index is 0.112. The fraction of sp³-hybridized carbons (Fsp3) is 0.393. The molecule has 0 spiro atoms. The topological polar surface area (TPSA) is 80.5 Å². The second kappa shape index (κ2) is 11.0. The fourth-order valence-corrected chi connectivity index (χ4v) is 6.39. The smallest absolute Gasteiger partial charge is 0.236 e. The van der Waals surface area contributed by atoms with Crippen molar-refractivity contribution in [3.05, 3.63) is 57.2 Å². The molecule has 1 aromatic carbocycles. The van der Waals surface area contributed by atoms with Crippen LogP contribution in [0.1, 0.15) is 12.6 Å². The van der Waals surface area contributed by atoms with Crippen LogP contribution < -0.4 is 9.80 Å². The van der Waals surface area contributed by atoms with Crippen LogP contribution in [-0.4, -0.2) is 94.1 Å². The van der Waals surface area contributed by atoms with Crippen LogP contribution in [0.5, 0.6) is 0 Å². The Labute approximate surface area is 245 Å². The van der Waals surface area contributed by atoms with Gasteiger partial charge in [-0.15, -0.1) is 11.3 Å². The van der Waals surface area contributed by atoms with Crippen molar-refractivity contribution in [1.29, 1.82) is 0 Å². The Bertz CT molecular complexity index is 1470. The van der Waals surface area contributed by atoms with Crippen molar-refractivity contribution < 1.29 is 9.90 Å². The summed E-state index contributed by atoms with van der Waals surface area (Å²) in [7, 11) is 2.07. The monoisotopic (exact) mass is 657 g/mol. The molecule has 5 heterocycles. The fourth-order valence-electron chi connectivity index (χ4n) is 5.23. The number of piperazine rings is 1. The second-order valence-electron chi connectivity index (χ2n) is 10.1. The van der Waals surface area contributed by atoms with Gasteiger partial charge in [0.2, 0.25) is 5.91 Å². The molecule has 4 aromatic rings. The van der Waals surface area contributed by atoms with Crippen LogP contribution in [-0.2, 0) is 11.2 Å². The number of carbonyl (C=O) groups excluding carboxylic acids is 1. The van der Waals surface area contributed by atoms with E-state index in [4.69, 9.17) is 9.97 Å². The number of pyridine rings is 1. The lowest BCUT2D eigenvalue weighted by Crippen LogP contribution is -2.57. The number of halogens is 1. The molecule has 3 aromatic heterocycles. The Morgan fingerprint density at radius 1 is 1.10 bits per heavy atom. The van der Waals surface area contributed by atoms with Gasteiger partial charge in [-0.25, -0.2) is 9.97 Å². The SMILES string of the molecule is CCc1nc2ccc(N3CCN(CC(=O)N4CC(O)C4)CC3)cn2c1N(C)c1nc(-c2ccc(I)cc2)cs1. The third kappa shape index (κ3) is 5.37. The predicted molar refractivity (Wildman–Crippen MR) is 164 cm³/mol. The first kappa shape index (κ1) is 26.5. The average molecular weight is 658 g/mol. The Morgan fingerprint density at radius 3 is 2.54 bits per heavy atom. The molecule has 0 saturated carbocycles. The van der Waals surface area contributed by atoms with Gasteiger partial charge in [0.1, 0.15) is 11.5 Å². The summed E-state index contributed by atoms with van der Waals surface area (Å²) < 4.78 is 3.39. The quantitative estimate of drug-likeness (QED) is 0.304. The van der Waals surface area contributed by atoms with Crippen molar-refractivity contribution >= 4 is 62.1 Å². The summed E-state index contributed by atoms with van der Waals surface area (Å²) in [5.74, 6) is 1.15. The Morgan fingerprint density at radius 2 is 1.85 bits per heavy atom. The Kier molecular flexibility index (Phi) is 7.49. The molecule has 0 atom stereocenters. The number of aliphatic hydroxyl groups is 1. The number of amides is 1. The van der Waals surface area contributed by atoms with Gasteiger partial charge in [0, 0.05) is 67.0 Å². The van der Waals surface area contributed by atoms with Crippen molar-refractivity contribution in [3.8, 4) is 11.3 Å². The number of aromatic nitrogens is 3. The predicted octanol–water partition coefficient (Wildman–Crippen LogP) is 3.72. The van der Waals surface area contributed by atoms with E-state index in [9.17, 15) is 9.90 Å². The van der Waals surface area contributed by atoms with E-state index in [0.29, 0.717) is 19.6 Å². The normalized spacial score (nSPS) is 16.6. The number of hydrogen-bond donors (Lipinski definition) is 1. The summed E-state index contributed by atoms with van der Waals surface area (Å²) in [6.45, 7) is 6.87. The highest BCUT2D eigenvalue weighted by molar-refractivity contribution is 14.1. The van der Waals surface area contributed by atoms with Gasteiger partial charge in [-0.05, 0) is 53.3 Å². The molecule has 2 aliphatic rings. The number of imidazole rings is 1. The van der Waals surface area contributed by atoms with Gasteiger partial charge in [-0.1, -0.05) is 19.1 Å². The Balaban J connectivity index is 1.20. The van der Waals surface area contributed by atoms with Crippen molar-refractivity contribution in [2.75, 3.05) is 62.7 Å². The Hall–Kier alpha value is -2.74. The lowest BCUT2D eigenvalue weighted by molar-refractivity contribution is -0.142. The van der Waals surface area contributed by atoms with E-state index in [2.05, 4.69) is 104 Å². The van der Waals surface area contributed by atoms with Crippen LogP contribution in [0.2, 0.25) is 0 Å². The van der Waals surface area contributed by atoms with Crippen LogP contribution in [0, 0.1) is 3.57 Å². The highest BCUT2D eigenvalue weighted by Gasteiger charge is 2.30. The van der Waals surface area contributed by atoms with E-state index in [0.717, 1.165) is 71.8 Å². The molecule has 204 valence electrons. The minimum Gasteiger partial charge on any atom is -0.389 e.